The van der Waals surface area contributed by atoms with Gasteiger partial charge in [0.2, 0.25) is 0 Å². The second-order valence-electron chi connectivity index (χ2n) is 17.9. The van der Waals surface area contributed by atoms with Gasteiger partial charge in [-0.3, -0.25) is 0 Å². The van der Waals surface area contributed by atoms with Crippen LogP contribution in [0.25, 0.3) is 55.8 Å². The molecule has 328 valence electrons. The first-order chi connectivity index (χ1) is 32.9. The number of rotatable bonds is 15. The first-order valence-electron chi connectivity index (χ1n) is 23.6. The summed E-state index contributed by atoms with van der Waals surface area (Å²) in [6.45, 7) is 11.2. The van der Waals surface area contributed by atoms with Crippen LogP contribution < -0.4 is 9.64 Å². The van der Waals surface area contributed by atoms with E-state index in [4.69, 9.17) is 4.74 Å². The molecule has 0 bridgehead atoms. The Balaban J connectivity index is 0.909. The molecule has 1 heterocycles. The molecule has 0 radical (unpaired) electrons. The van der Waals surface area contributed by atoms with E-state index >= 15 is 0 Å². The zero-order valence-corrected chi connectivity index (χ0v) is 38.6. The molecule has 0 aliphatic rings. The fourth-order valence-corrected chi connectivity index (χ4v) is 9.62. The zero-order valence-electron chi connectivity index (χ0n) is 38.6. The molecular formula is C64H56N2O. The Bertz CT molecular complexity index is 3200. The van der Waals surface area contributed by atoms with Crippen LogP contribution in [0.2, 0.25) is 0 Å². The van der Waals surface area contributed by atoms with Gasteiger partial charge < -0.3 is 14.2 Å². The van der Waals surface area contributed by atoms with Crippen molar-refractivity contribution in [2.45, 2.75) is 52.1 Å². The van der Waals surface area contributed by atoms with Crippen molar-refractivity contribution >= 4 is 44.9 Å². The number of fused-ring (bicyclic) bond motifs is 3. The van der Waals surface area contributed by atoms with E-state index in [1.54, 1.807) is 0 Å². The van der Waals surface area contributed by atoms with Gasteiger partial charge in [-0.05, 0) is 161 Å². The Hall–Kier alpha value is -7.88. The van der Waals surface area contributed by atoms with Crippen LogP contribution in [-0.2, 0) is 6.61 Å². The average molecular weight is 869 g/mol. The molecule has 0 saturated carbocycles. The van der Waals surface area contributed by atoms with Crippen molar-refractivity contribution in [2.75, 3.05) is 4.90 Å². The predicted octanol–water partition coefficient (Wildman–Crippen LogP) is 17.8. The summed E-state index contributed by atoms with van der Waals surface area (Å²) in [5.41, 5.74) is 18.0. The molecule has 0 saturated heterocycles. The molecule has 0 spiro atoms. The van der Waals surface area contributed by atoms with Crippen LogP contribution in [0, 0.1) is 6.92 Å². The Morgan fingerprint density at radius 1 is 0.537 bits per heavy atom. The molecule has 2 unspecified atom stereocenters. The van der Waals surface area contributed by atoms with Crippen LogP contribution in [-0.4, -0.2) is 4.57 Å². The highest BCUT2D eigenvalue weighted by Crippen LogP contribution is 2.40. The van der Waals surface area contributed by atoms with Gasteiger partial charge in [-0.25, -0.2) is 0 Å². The summed E-state index contributed by atoms with van der Waals surface area (Å²) in [5, 5.41) is 2.48. The van der Waals surface area contributed by atoms with Crippen molar-refractivity contribution < 1.29 is 4.74 Å². The molecule has 1 aromatic heterocycles. The minimum atomic E-state index is 0.413. The molecule has 67 heavy (non-hydrogen) atoms. The summed E-state index contributed by atoms with van der Waals surface area (Å²) >= 11 is 0. The third kappa shape index (κ3) is 9.19. The molecule has 0 amide bonds. The van der Waals surface area contributed by atoms with Crippen molar-refractivity contribution in [3.05, 3.63) is 253 Å². The molecular weight excluding hydrogens is 813 g/mol. The van der Waals surface area contributed by atoms with Gasteiger partial charge in [-0.2, -0.15) is 0 Å². The lowest BCUT2D eigenvalue weighted by atomic mass is 9.84. The largest absolute Gasteiger partial charge is 0.489 e. The number of hydrogen-bond acceptors (Lipinski definition) is 2. The van der Waals surface area contributed by atoms with Gasteiger partial charge >= 0.3 is 0 Å². The van der Waals surface area contributed by atoms with Crippen molar-refractivity contribution in [3.63, 3.8) is 0 Å². The predicted molar refractivity (Wildman–Crippen MR) is 284 cm³/mol. The Morgan fingerprint density at radius 2 is 1.04 bits per heavy atom. The lowest BCUT2D eigenvalue weighted by molar-refractivity contribution is 0.306. The third-order valence-corrected chi connectivity index (χ3v) is 13.5. The summed E-state index contributed by atoms with van der Waals surface area (Å²) in [6, 6.07) is 79.3. The molecule has 0 N–H and O–H groups in total. The van der Waals surface area contributed by atoms with E-state index in [-0.39, 0.29) is 0 Å². The van der Waals surface area contributed by atoms with E-state index in [9.17, 15) is 0 Å². The monoisotopic (exact) mass is 868 g/mol. The van der Waals surface area contributed by atoms with Crippen molar-refractivity contribution in [1.29, 1.82) is 0 Å². The van der Waals surface area contributed by atoms with Gasteiger partial charge in [0.05, 0.1) is 11.0 Å². The summed E-state index contributed by atoms with van der Waals surface area (Å²) in [7, 11) is 0. The van der Waals surface area contributed by atoms with E-state index in [0.717, 1.165) is 52.5 Å². The molecule has 2 atom stereocenters. The van der Waals surface area contributed by atoms with Gasteiger partial charge in [-0.1, -0.05) is 166 Å². The maximum atomic E-state index is 6.13. The first-order valence-corrected chi connectivity index (χ1v) is 23.6. The number of benzene rings is 9. The second-order valence-corrected chi connectivity index (χ2v) is 17.9. The van der Waals surface area contributed by atoms with Crippen molar-refractivity contribution in [2.24, 2.45) is 0 Å². The molecule has 0 aliphatic heterocycles. The van der Waals surface area contributed by atoms with Gasteiger partial charge in [-0.15, -0.1) is 0 Å². The second kappa shape index (κ2) is 19.3. The number of nitrogens with zero attached hydrogens (tertiary/aromatic N) is 2. The average Bonchev–Trinajstić information content (AvgIpc) is 3.71. The normalized spacial score (nSPS) is 12.2. The molecule has 3 heteroatoms. The molecule has 0 fully saturated rings. The number of hydrogen-bond donors (Lipinski definition) is 0. The van der Waals surface area contributed by atoms with E-state index in [1.807, 2.05) is 6.08 Å². The van der Waals surface area contributed by atoms with Crippen molar-refractivity contribution in [3.8, 4) is 33.7 Å². The van der Waals surface area contributed by atoms with Crippen molar-refractivity contribution in [1.82, 2.24) is 4.57 Å². The number of anilines is 3. The smallest absolute Gasteiger partial charge is 0.119 e. The maximum absolute atomic E-state index is 6.13. The zero-order chi connectivity index (χ0) is 45.7. The lowest BCUT2D eigenvalue weighted by Gasteiger charge is -2.25. The molecule has 9 aromatic carbocycles. The summed E-state index contributed by atoms with van der Waals surface area (Å²) in [6.07, 6.45) is 4.03. The quantitative estimate of drug-likeness (QED) is 0.102. The highest BCUT2D eigenvalue weighted by molar-refractivity contribution is 6.11. The van der Waals surface area contributed by atoms with Gasteiger partial charge in [0, 0.05) is 33.5 Å². The molecule has 3 nitrogen and oxygen atoms in total. The molecule has 10 aromatic rings. The van der Waals surface area contributed by atoms with E-state index in [0.29, 0.717) is 18.4 Å². The Kier molecular flexibility index (Phi) is 12.4. The van der Waals surface area contributed by atoms with E-state index in [2.05, 4.69) is 255 Å². The summed E-state index contributed by atoms with van der Waals surface area (Å²) in [5.74, 6) is 1.77. The first kappa shape index (κ1) is 43.0. The number of ether oxygens (including phenoxy) is 1. The van der Waals surface area contributed by atoms with Crippen LogP contribution in [0.5, 0.6) is 5.75 Å². The van der Waals surface area contributed by atoms with Crippen LogP contribution in [0.1, 0.15) is 66.3 Å². The number of para-hydroxylation sites is 2. The standard InChI is InChI=1S/C64H56N2O/c1-5-47-19-21-48(22-20-47)44-67-60-37-29-51(30-38-60)49(6-2)41-46(4)50-23-25-52(26-24-50)54-31-39-63-61(42-54)62-43-55(32-40-64(62)66(63)59-33-17-45(3)18-34-59)53-27-35-58(36-28-53)65(56-13-9-7-10-14-56)57-15-11-8-12-16-57/h5,7-40,42-43,46,49H,1,6,41,44H2,2-4H3. The minimum absolute atomic E-state index is 0.413. The van der Waals surface area contributed by atoms with Gasteiger partial charge in [0.25, 0.3) is 0 Å². The fourth-order valence-electron chi connectivity index (χ4n) is 9.62. The van der Waals surface area contributed by atoms with Gasteiger partial charge in [0.15, 0.2) is 0 Å². The number of aryl methyl sites for hydroxylation is 1. The van der Waals surface area contributed by atoms with Crippen LogP contribution >= 0.6 is 0 Å². The Morgan fingerprint density at radius 3 is 1.58 bits per heavy atom. The lowest BCUT2D eigenvalue weighted by Crippen LogP contribution is -2.09. The van der Waals surface area contributed by atoms with Gasteiger partial charge in [0.1, 0.15) is 12.4 Å². The topological polar surface area (TPSA) is 17.4 Å². The van der Waals surface area contributed by atoms with Crippen LogP contribution in [0.15, 0.2) is 225 Å². The maximum Gasteiger partial charge on any atom is 0.119 e. The van der Waals surface area contributed by atoms with E-state index < -0.39 is 0 Å². The van der Waals surface area contributed by atoms with Crippen LogP contribution in [0.4, 0.5) is 17.1 Å². The minimum Gasteiger partial charge on any atom is -0.489 e. The van der Waals surface area contributed by atoms with E-state index in [1.165, 1.54) is 60.8 Å². The van der Waals surface area contributed by atoms with Crippen LogP contribution in [0.3, 0.4) is 0 Å². The SMILES string of the molecule is C=Cc1ccc(COc2ccc(C(CC)CC(C)c3ccc(-c4ccc5c(c4)c4cc(-c6ccc(N(c7ccccc7)c7ccccc7)cc6)ccc4n5-c4ccc(C)cc4)cc3)cc2)cc1. The Labute approximate surface area is 395 Å². The molecule has 0 aliphatic carbocycles. The summed E-state index contributed by atoms with van der Waals surface area (Å²) in [4.78, 5) is 2.31. The highest BCUT2D eigenvalue weighted by Gasteiger charge is 2.18. The summed E-state index contributed by atoms with van der Waals surface area (Å²) < 4.78 is 8.55. The number of aromatic nitrogens is 1. The third-order valence-electron chi connectivity index (χ3n) is 13.5. The highest BCUT2D eigenvalue weighted by atomic mass is 16.5. The molecule has 10 rings (SSSR count). The fraction of sp³-hybridized carbons (Fsp3) is 0.125.